The van der Waals surface area contributed by atoms with Crippen molar-refractivity contribution in [3.8, 4) is 0 Å². The predicted molar refractivity (Wildman–Crippen MR) is 71.7 cm³/mol. The Bertz CT molecular complexity index is 359. The van der Waals surface area contributed by atoms with Gasteiger partial charge in [0.1, 0.15) is 0 Å². The van der Waals surface area contributed by atoms with Crippen LogP contribution in [0.25, 0.3) is 0 Å². The minimum atomic E-state index is -0.909. The van der Waals surface area contributed by atoms with E-state index < -0.39 is 17.8 Å². The number of rotatable bonds is 4. The average molecular weight is 268 g/mol. The maximum absolute atomic E-state index is 12.1. The van der Waals surface area contributed by atoms with Gasteiger partial charge in [-0.05, 0) is 32.2 Å². The number of amides is 1. The molecule has 4 unspecified atom stereocenters. The molecule has 0 saturated carbocycles. The highest BCUT2D eigenvalue weighted by molar-refractivity contribution is 5.84. The van der Waals surface area contributed by atoms with E-state index in [2.05, 4.69) is 10.2 Å². The van der Waals surface area contributed by atoms with Crippen LogP contribution in [0.4, 0.5) is 0 Å². The van der Waals surface area contributed by atoms with Gasteiger partial charge in [-0.2, -0.15) is 0 Å². The summed E-state index contributed by atoms with van der Waals surface area (Å²) in [6, 6.07) is 0.835. The summed E-state index contributed by atoms with van der Waals surface area (Å²) in [5.41, 5.74) is 0. The van der Waals surface area contributed by atoms with Crippen LogP contribution in [0.5, 0.6) is 0 Å². The van der Waals surface area contributed by atoms with E-state index in [9.17, 15) is 9.59 Å². The molecule has 2 heterocycles. The van der Waals surface area contributed by atoms with Crippen molar-refractivity contribution >= 4 is 11.9 Å². The summed E-state index contributed by atoms with van der Waals surface area (Å²) in [6.07, 6.45) is 4.49. The van der Waals surface area contributed by atoms with Gasteiger partial charge in [-0.25, -0.2) is 0 Å². The van der Waals surface area contributed by atoms with Gasteiger partial charge in [-0.1, -0.05) is 13.8 Å². The maximum atomic E-state index is 12.1. The van der Waals surface area contributed by atoms with Crippen molar-refractivity contribution in [2.45, 2.75) is 51.6 Å². The number of fused-ring (bicyclic) bond motifs is 1. The lowest BCUT2D eigenvalue weighted by molar-refractivity contribution is -0.146. The van der Waals surface area contributed by atoms with Crippen LogP contribution >= 0.6 is 0 Å². The number of nitrogens with one attached hydrogen (secondary N) is 1. The number of hydrogen-bond acceptors (Lipinski definition) is 3. The first-order chi connectivity index (χ1) is 8.99. The summed E-state index contributed by atoms with van der Waals surface area (Å²) in [5, 5.41) is 12.0. The van der Waals surface area contributed by atoms with Gasteiger partial charge in [0.2, 0.25) is 5.91 Å². The molecule has 0 aliphatic carbocycles. The third-order valence-corrected chi connectivity index (χ3v) is 4.72. The van der Waals surface area contributed by atoms with Crippen LogP contribution in [0.2, 0.25) is 0 Å². The fourth-order valence-corrected chi connectivity index (χ4v) is 3.13. The van der Waals surface area contributed by atoms with Gasteiger partial charge in [0, 0.05) is 24.5 Å². The van der Waals surface area contributed by atoms with E-state index in [0.29, 0.717) is 6.04 Å². The van der Waals surface area contributed by atoms with Crippen molar-refractivity contribution in [1.82, 2.24) is 10.2 Å². The van der Waals surface area contributed by atoms with E-state index in [1.165, 1.54) is 19.4 Å². The van der Waals surface area contributed by atoms with Crippen LogP contribution in [0.3, 0.4) is 0 Å². The summed E-state index contributed by atoms with van der Waals surface area (Å²) in [6.45, 7) is 5.53. The van der Waals surface area contributed by atoms with Crippen molar-refractivity contribution in [3.05, 3.63) is 0 Å². The van der Waals surface area contributed by atoms with Gasteiger partial charge in [-0.15, -0.1) is 0 Å². The highest BCUT2D eigenvalue weighted by Crippen LogP contribution is 2.27. The number of carbonyl (C=O) groups is 2. The fourth-order valence-electron chi connectivity index (χ4n) is 3.13. The van der Waals surface area contributed by atoms with Crippen molar-refractivity contribution in [3.63, 3.8) is 0 Å². The van der Waals surface area contributed by atoms with E-state index in [4.69, 9.17) is 5.11 Å². The third-order valence-electron chi connectivity index (χ3n) is 4.72. The smallest absolute Gasteiger partial charge is 0.307 e. The monoisotopic (exact) mass is 268 g/mol. The van der Waals surface area contributed by atoms with Crippen LogP contribution in [0, 0.1) is 11.8 Å². The number of piperidine rings is 1. The molecule has 5 heteroatoms. The summed E-state index contributed by atoms with van der Waals surface area (Å²) in [7, 11) is 0. The van der Waals surface area contributed by atoms with Crippen LogP contribution in [-0.2, 0) is 9.59 Å². The topological polar surface area (TPSA) is 69.6 Å². The van der Waals surface area contributed by atoms with Gasteiger partial charge in [0.05, 0.1) is 5.92 Å². The van der Waals surface area contributed by atoms with Gasteiger partial charge >= 0.3 is 5.97 Å². The summed E-state index contributed by atoms with van der Waals surface area (Å²) < 4.78 is 0. The summed E-state index contributed by atoms with van der Waals surface area (Å²) >= 11 is 0. The van der Waals surface area contributed by atoms with Crippen molar-refractivity contribution < 1.29 is 14.7 Å². The molecular formula is C14H24N2O3. The Morgan fingerprint density at radius 1 is 1.21 bits per heavy atom. The first kappa shape index (κ1) is 14.3. The molecule has 0 spiro atoms. The average Bonchev–Trinajstić information content (AvgIpc) is 2.84. The van der Waals surface area contributed by atoms with Crippen LogP contribution in [-0.4, -0.2) is 47.1 Å². The lowest BCUT2D eigenvalue weighted by atomic mass is 9.93. The number of hydrogen-bond donors (Lipinski definition) is 2. The lowest BCUT2D eigenvalue weighted by Crippen LogP contribution is -2.49. The summed E-state index contributed by atoms with van der Waals surface area (Å²) in [5.74, 6) is -2.13. The standard InChI is InChI=1S/C14H24N2O3/c1-9(10(2)14(18)19)13(17)15-11-5-7-16-6-3-4-12(16)8-11/h9-12H,3-8H2,1-2H3,(H,15,17)(H,18,19). The molecule has 2 aliphatic rings. The molecule has 108 valence electrons. The zero-order valence-corrected chi connectivity index (χ0v) is 11.8. The molecule has 2 rings (SSSR count). The molecule has 2 aliphatic heterocycles. The molecule has 0 aromatic carbocycles. The first-order valence-electron chi connectivity index (χ1n) is 7.26. The maximum Gasteiger partial charge on any atom is 0.307 e. The molecule has 2 N–H and O–H groups in total. The van der Waals surface area contributed by atoms with E-state index >= 15 is 0 Å². The number of nitrogens with zero attached hydrogens (tertiary/aromatic N) is 1. The molecule has 0 radical (unpaired) electrons. The van der Waals surface area contributed by atoms with Crippen LogP contribution in [0.1, 0.15) is 39.5 Å². The highest BCUT2D eigenvalue weighted by Gasteiger charge is 2.33. The lowest BCUT2D eigenvalue weighted by Gasteiger charge is -2.35. The van der Waals surface area contributed by atoms with E-state index in [0.717, 1.165) is 19.4 Å². The number of carboxylic acids is 1. The minimum absolute atomic E-state index is 0.119. The molecule has 2 fully saturated rings. The Balaban J connectivity index is 1.84. The molecule has 0 bridgehead atoms. The molecular weight excluding hydrogens is 244 g/mol. The van der Waals surface area contributed by atoms with Crippen molar-refractivity contribution in [1.29, 1.82) is 0 Å². The van der Waals surface area contributed by atoms with Crippen molar-refractivity contribution in [2.24, 2.45) is 11.8 Å². The van der Waals surface area contributed by atoms with Crippen LogP contribution in [0.15, 0.2) is 0 Å². The van der Waals surface area contributed by atoms with Gasteiger partial charge in [-0.3, -0.25) is 9.59 Å². The van der Waals surface area contributed by atoms with Gasteiger partial charge in [0.15, 0.2) is 0 Å². The zero-order valence-electron chi connectivity index (χ0n) is 11.8. The minimum Gasteiger partial charge on any atom is -0.481 e. The zero-order chi connectivity index (χ0) is 14.0. The number of carbonyl (C=O) groups excluding carboxylic acids is 1. The van der Waals surface area contributed by atoms with Gasteiger partial charge in [0.25, 0.3) is 0 Å². The second-order valence-corrected chi connectivity index (χ2v) is 5.98. The van der Waals surface area contributed by atoms with Crippen LogP contribution < -0.4 is 5.32 Å². The normalized spacial score (nSPS) is 30.4. The molecule has 2 saturated heterocycles. The second-order valence-electron chi connectivity index (χ2n) is 5.98. The largest absolute Gasteiger partial charge is 0.481 e. The third kappa shape index (κ3) is 3.26. The Morgan fingerprint density at radius 2 is 1.95 bits per heavy atom. The Kier molecular flexibility index (Phi) is 4.45. The Morgan fingerprint density at radius 3 is 2.63 bits per heavy atom. The molecule has 5 nitrogen and oxygen atoms in total. The molecule has 4 atom stereocenters. The van der Waals surface area contributed by atoms with E-state index in [-0.39, 0.29) is 11.9 Å². The molecule has 1 amide bonds. The molecule has 0 aromatic heterocycles. The van der Waals surface area contributed by atoms with E-state index in [1.54, 1.807) is 13.8 Å². The molecule has 0 aromatic rings. The quantitative estimate of drug-likeness (QED) is 0.800. The Hall–Kier alpha value is -1.10. The molecule has 19 heavy (non-hydrogen) atoms. The van der Waals surface area contributed by atoms with E-state index in [1.807, 2.05) is 0 Å². The predicted octanol–water partition coefficient (Wildman–Crippen LogP) is 1.09. The summed E-state index contributed by atoms with van der Waals surface area (Å²) in [4.78, 5) is 25.5. The van der Waals surface area contributed by atoms with Crippen molar-refractivity contribution in [2.75, 3.05) is 13.1 Å². The second kappa shape index (κ2) is 5.90. The number of aliphatic carboxylic acids is 1. The Labute approximate surface area is 114 Å². The fraction of sp³-hybridized carbons (Fsp3) is 0.857. The van der Waals surface area contributed by atoms with Gasteiger partial charge < -0.3 is 15.3 Å². The number of carboxylic acid groups (broad SMARTS) is 1. The first-order valence-corrected chi connectivity index (χ1v) is 7.26. The highest BCUT2D eigenvalue weighted by atomic mass is 16.4. The SMILES string of the molecule is CC(C(=O)O)C(C)C(=O)NC1CCN2CCCC2C1.